The SMILES string of the molecule is CCC1(CC)CCN(c2cc(C)ncc2CO)C1. The van der Waals surface area contributed by atoms with Crippen LogP contribution in [0.2, 0.25) is 0 Å². The molecule has 1 aromatic rings. The van der Waals surface area contributed by atoms with E-state index in [1.165, 1.54) is 24.9 Å². The van der Waals surface area contributed by atoms with Crippen molar-refractivity contribution in [3.63, 3.8) is 0 Å². The first-order valence-electron chi connectivity index (χ1n) is 6.95. The fourth-order valence-corrected chi connectivity index (χ4v) is 2.96. The molecular weight excluding hydrogens is 224 g/mol. The summed E-state index contributed by atoms with van der Waals surface area (Å²) in [4.78, 5) is 6.70. The van der Waals surface area contributed by atoms with Gasteiger partial charge >= 0.3 is 0 Å². The van der Waals surface area contributed by atoms with Crippen LogP contribution >= 0.6 is 0 Å². The quantitative estimate of drug-likeness (QED) is 0.890. The van der Waals surface area contributed by atoms with Gasteiger partial charge in [-0.1, -0.05) is 13.8 Å². The van der Waals surface area contributed by atoms with Crippen molar-refractivity contribution in [2.45, 2.75) is 46.6 Å². The summed E-state index contributed by atoms with van der Waals surface area (Å²) in [6, 6.07) is 2.10. The smallest absolute Gasteiger partial charge is 0.0717 e. The summed E-state index contributed by atoms with van der Waals surface area (Å²) in [5.41, 5.74) is 3.61. The molecule has 0 unspecified atom stereocenters. The molecule has 0 radical (unpaired) electrons. The molecule has 3 nitrogen and oxygen atoms in total. The lowest BCUT2D eigenvalue weighted by Gasteiger charge is -2.28. The number of nitrogens with zero attached hydrogens (tertiary/aromatic N) is 2. The van der Waals surface area contributed by atoms with Crippen LogP contribution in [0.1, 0.15) is 44.4 Å². The van der Waals surface area contributed by atoms with E-state index >= 15 is 0 Å². The molecule has 2 rings (SSSR count). The van der Waals surface area contributed by atoms with Gasteiger partial charge in [0.25, 0.3) is 0 Å². The highest BCUT2D eigenvalue weighted by atomic mass is 16.3. The summed E-state index contributed by atoms with van der Waals surface area (Å²) < 4.78 is 0. The third-order valence-electron chi connectivity index (χ3n) is 4.55. The van der Waals surface area contributed by atoms with Crippen LogP contribution in [0, 0.1) is 12.3 Å². The molecule has 1 aromatic heterocycles. The van der Waals surface area contributed by atoms with Crippen molar-refractivity contribution in [1.29, 1.82) is 0 Å². The molecule has 1 saturated heterocycles. The van der Waals surface area contributed by atoms with Crippen LogP contribution < -0.4 is 4.90 Å². The molecule has 0 saturated carbocycles. The van der Waals surface area contributed by atoms with Crippen molar-refractivity contribution in [3.8, 4) is 0 Å². The standard InChI is InChI=1S/C15H24N2O/c1-4-15(5-2)6-7-17(11-15)14-8-12(3)16-9-13(14)10-18/h8-9,18H,4-7,10-11H2,1-3H3. The van der Waals surface area contributed by atoms with Crippen LogP contribution in [0.3, 0.4) is 0 Å². The predicted octanol–water partition coefficient (Wildman–Crippen LogP) is 2.90. The van der Waals surface area contributed by atoms with E-state index < -0.39 is 0 Å². The number of hydrogen-bond acceptors (Lipinski definition) is 3. The Hall–Kier alpha value is -1.09. The minimum atomic E-state index is 0.0738. The monoisotopic (exact) mass is 248 g/mol. The van der Waals surface area contributed by atoms with E-state index in [0.29, 0.717) is 5.41 Å². The lowest BCUT2D eigenvalue weighted by molar-refractivity contribution is 0.281. The summed E-state index contributed by atoms with van der Waals surface area (Å²) in [7, 11) is 0. The molecule has 0 spiro atoms. The maximum Gasteiger partial charge on any atom is 0.0717 e. The number of rotatable bonds is 4. The van der Waals surface area contributed by atoms with Crippen LogP contribution in [0.15, 0.2) is 12.3 Å². The zero-order chi connectivity index (χ0) is 13.2. The molecule has 1 N–H and O–H groups in total. The molecular formula is C15H24N2O. The summed E-state index contributed by atoms with van der Waals surface area (Å²) in [6.07, 6.45) is 5.53. The van der Waals surface area contributed by atoms with Gasteiger partial charge in [0.15, 0.2) is 0 Å². The van der Waals surface area contributed by atoms with Gasteiger partial charge in [-0.05, 0) is 37.7 Å². The Labute approximate surface area is 110 Å². The molecule has 2 heterocycles. The van der Waals surface area contributed by atoms with Crippen molar-refractivity contribution < 1.29 is 5.11 Å². The number of aromatic nitrogens is 1. The van der Waals surface area contributed by atoms with Gasteiger partial charge in [0.2, 0.25) is 0 Å². The summed E-state index contributed by atoms with van der Waals surface area (Å²) in [5, 5.41) is 9.45. The van der Waals surface area contributed by atoms with E-state index in [2.05, 4.69) is 29.8 Å². The highest BCUT2D eigenvalue weighted by Crippen LogP contribution is 2.39. The zero-order valence-electron chi connectivity index (χ0n) is 11.7. The highest BCUT2D eigenvalue weighted by molar-refractivity contribution is 5.54. The second kappa shape index (κ2) is 5.27. The van der Waals surface area contributed by atoms with Crippen molar-refractivity contribution in [3.05, 3.63) is 23.5 Å². The van der Waals surface area contributed by atoms with Crippen molar-refractivity contribution in [2.24, 2.45) is 5.41 Å². The Balaban J connectivity index is 2.26. The first-order valence-corrected chi connectivity index (χ1v) is 6.95. The molecule has 1 fully saturated rings. The first kappa shape index (κ1) is 13.3. The van der Waals surface area contributed by atoms with Crippen LogP contribution in [0.25, 0.3) is 0 Å². The first-order chi connectivity index (χ1) is 8.64. The summed E-state index contributed by atoms with van der Waals surface area (Å²) in [5.74, 6) is 0. The second-order valence-corrected chi connectivity index (χ2v) is 5.49. The number of pyridine rings is 1. The molecule has 3 heteroatoms. The predicted molar refractivity (Wildman–Crippen MR) is 74.7 cm³/mol. The molecule has 0 aliphatic carbocycles. The van der Waals surface area contributed by atoms with E-state index in [1.54, 1.807) is 0 Å². The van der Waals surface area contributed by atoms with Gasteiger partial charge in [-0.2, -0.15) is 0 Å². The molecule has 0 aromatic carbocycles. The highest BCUT2D eigenvalue weighted by Gasteiger charge is 2.35. The molecule has 1 aliphatic heterocycles. The third-order valence-corrected chi connectivity index (χ3v) is 4.55. The van der Waals surface area contributed by atoms with Crippen molar-refractivity contribution in [1.82, 2.24) is 4.98 Å². The molecule has 1 aliphatic rings. The maximum absolute atomic E-state index is 9.45. The van der Waals surface area contributed by atoms with Gasteiger partial charge in [0.1, 0.15) is 0 Å². The normalized spacial score (nSPS) is 18.3. The summed E-state index contributed by atoms with van der Waals surface area (Å²) in [6.45, 7) is 8.86. The lowest BCUT2D eigenvalue weighted by atomic mass is 9.82. The Morgan fingerprint density at radius 3 is 2.67 bits per heavy atom. The minimum Gasteiger partial charge on any atom is -0.392 e. The van der Waals surface area contributed by atoms with Crippen LogP contribution in [-0.4, -0.2) is 23.2 Å². The number of hydrogen-bond donors (Lipinski definition) is 1. The van der Waals surface area contributed by atoms with Gasteiger partial charge in [0.05, 0.1) is 6.61 Å². The molecule has 100 valence electrons. The van der Waals surface area contributed by atoms with E-state index in [-0.39, 0.29) is 6.61 Å². The van der Waals surface area contributed by atoms with Crippen LogP contribution in [0.5, 0.6) is 0 Å². The molecule has 0 bridgehead atoms. The molecule has 18 heavy (non-hydrogen) atoms. The maximum atomic E-state index is 9.45. The van der Waals surface area contributed by atoms with E-state index in [1.807, 2.05) is 13.1 Å². The zero-order valence-corrected chi connectivity index (χ0v) is 11.7. The second-order valence-electron chi connectivity index (χ2n) is 5.49. The number of aryl methyl sites for hydroxylation is 1. The fourth-order valence-electron chi connectivity index (χ4n) is 2.96. The molecule has 0 atom stereocenters. The van der Waals surface area contributed by atoms with Gasteiger partial charge in [-0.25, -0.2) is 0 Å². The van der Waals surface area contributed by atoms with Crippen LogP contribution in [0.4, 0.5) is 5.69 Å². The van der Waals surface area contributed by atoms with E-state index in [4.69, 9.17) is 0 Å². The van der Waals surface area contributed by atoms with Gasteiger partial charge in [-0.3, -0.25) is 4.98 Å². The largest absolute Gasteiger partial charge is 0.392 e. The average molecular weight is 248 g/mol. The van der Waals surface area contributed by atoms with Crippen molar-refractivity contribution in [2.75, 3.05) is 18.0 Å². The average Bonchev–Trinajstić information content (AvgIpc) is 2.83. The Morgan fingerprint density at radius 1 is 1.39 bits per heavy atom. The topological polar surface area (TPSA) is 36.4 Å². The number of aliphatic hydroxyl groups excluding tert-OH is 1. The Morgan fingerprint density at radius 2 is 2.11 bits per heavy atom. The van der Waals surface area contributed by atoms with Gasteiger partial charge in [-0.15, -0.1) is 0 Å². The van der Waals surface area contributed by atoms with Crippen LogP contribution in [-0.2, 0) is 6.61 Å². The minimum absolute atomic E-state index is 0.0738. The Bertz CT molecular complexity index is 413. The fraction of sp³-hybridized carbons (Fsp3) is 0.667. The number of anilines is 1. The summed E-state index contributed by atoms with van der Waals surface area (Å²) >= 11 is 0. The van der Waals surface area contributed by atoms with E-state index in [0.717, 1.165) is 24.3 Å². The van der Waals surface area contributed by atoms with Crippen molar-refractivity contribution >= 4 is 5.69 Å². The van der Waals surface area contributed by atoms with Gasteiger partial charge in [0, 0.05) is 36.2 Å². The lowest BCUT2D eigenvalue weighted by Crippen LogP contribution is -2.27. The molecule has 0 amide bonds. The van der Waals surface area contributed by atoms with E-state index in [9.17, 15) is 5.11 Å². The van der Waals surface area contributed by atoms with Gasteiger partial charge < -0.3 is 10.0 Å². The Kier molecular flexibility index (Phi) is 3.91. The third kappa shape index (κ3) is 2.37. The number of aliphatic hydroxyl groups is 1.